The maximum Gasteiger partial charge on any atom is 0.258 e. The van der Waals surface area contributed by atoms with Crippen molar-refractivity contribution < 1.29 is 12.9 Å². The summed E-state index contributed by atoms with van der Waals surface area (Å²) in [7, 11) is -3.25. The van der Waals surface area contributed by atoms with Gasteiger partial charge in [-0.25, -0.2) is 8.42 Å². The van der Waals surface area contributed by atoms with Gasteiger partial charge in [-0.2, -0.15) is 4.98 Å². The lowest BCUT2D eigenvalue weighted by molar-refractivity contribution is 0.425. The van der Waals surface area contributed by atoms with E-state index < -0.39 is 9.84 Å². The number of halogens is 1. The average molecular weight is 273 g/mol. The fraction of sp³-hybridized carbons (Fsp3) is 0.200. The van der Waals surface area contributed by atoms with Crippen LogP contribution in [0.2, 0.25) is 0 Å². The molecular formula is C10H9ClN2O3S. The average Bonchev–Trinajstić information content (AvgIpc) is 2.76. The van der Waals surface area contributed by atoms with Gasteiger partial charge in [0.05, 0.1) is 10.8 Å². The fourth-order valence-electron chi connectivity index (χ4n) is 1.29. The highest BCUT2D eigenvalue weighted by Gasteiger charge is 2.12. The molecule has 1 heterocycles. The summed E-state index contributed by atoms with van der Waals surface area (Å²) in [6.45, 7) is 0. The third kappa shape index (κ3) is 2.65. The Labute approximate surface area is 103 Å². The second-order valence-corrected chi connectivity index (χ2v) is 5.73. The van der Waals surface area contributed by atoms with Crippen LogP contribution in [0.1, 0.15) is 5.82 Å². The van der Waals surface area contributed by atoms with Crippen LogP contribution in [-0.2, 0) is 15.7 Å². The van der Waals surface area contributed by atoms with Gasteiger partial charge >= 0.3 is 0 Å². The van der Waals surface area contributed by atoms with Gasteiger partial charge in [-0.15, -0.1) is 11.6 Å². The number of sulfone groups is 1. The van der Waals surface area contributed by atoms with E-state index in [9.17, 15) is 8.42 Å². The maximum atomic E-state index is 11.4. The third-order valence-corrected chi connectivity index (χ3v) is 3.45. The molecule has 0 amide bonds. The normalized spacial score (nSPS) is 11.6. The molecule has 0 spiro atoms. The molecule has 0 saturated carbocycles. The molecule has 0 radical (unpaired) electrons. The molecule has 7 heteroatoms. The predicted octanol–water partition coefficient (Wildman–Crippen LogP) is 1.88. The van der Waals surface area contributed by atoms with Gasteiger partial charge in [0.25, 0.3) is 5.89 Å². The fourth-order valence-corrected chi connectivity index (χ4v) is 2.06. The van der Waals surface area contributed by atoms with E-state index >= 15 is 0 Å². The van der Waals surface area contributed by atoms with Gasteiger partial charge < -0.3 is 4.52 Å². The van der Waals surface area contributed by atoms with E-state index in [1.165, 1.54) is 12.1 Å². The topological polar surface area (TPSA) is 73.1 Å². The zero-order chi connectivity index (χ0) is 12.5. The number of hydrogen-bond acceptors (Lipinski definition) is 5. The second-order valence-electron chi connectivity index (χ2n) is 3.45. The largest absolute Gasteiger partial charge is 0.334 e. The van der Waals surface area contributed by atoms with Crippen molar-refractivity contribution in [3.05, 3.63) is 30.1 Å². The molecule has 0 aliphatic carbocycles. The van der Waals surface area contributed by atoms with Gasteiger partial charge in [0.2, 0.25) is 0 Å². The number of hydrogen-bond donors (Lipinski definition) is 0. The quantitative estimate of drug-likeness (QED) is 0.798. The SMILES string of the molecule is CS(=O)(=O)c1cccc(-c2nc(CCl)no2)c1. The second kappa shape index (κ2) is 4.46. The summed E-state index contributed by atoms with van der Waals surface area (Å²) in [4.78, 5) is 4.23. The van der Waals surface area contributed by atoms with Gasteiger partial charge in [-0.3, -0.25) is 0 Å². The lowest BCUT2D eigenvalue weighted by Crippen LogP contribution is -1.96. The molecule has 2 aromatic rings. The van der Waals surface area contributed by atoms with Crippen LogP contribution >= 0.6 is 11.6 Å². The number of nitrogens with zero attached hydrogens (tertiary/aromatic N) is 2. The van der Waals surface area contributed by atoms with E-state index in [2.05, 4.69) is 10.1 Å². The highest BCUT2D eigenvalue weighted by molar-refractivity contribution is 7.90. The molecule has 1 aromatic heterocycles. The van der Waals surface area contributed by atoms with E-state index in [1.807, 2.05) is 0 Å². The van der Waals surface area contributed by atoms with Crippen molar-refractivity contribution >= 4 is 21.4 Å². The van der Waals surface area contributed by atoms with Crippen LogP contribution in [0.25, 0.3) is 11.5 Å². The van der Waals surface area contributed by atoms with E-state index in [0.717, 1.165) is 6.26 Å². The Morgan fingerprint density at radius 2 is 2.18 bits per heavy atom. The van der Waals surface area contributed by atoms with Crippen molar-refractivity contribution in [3.63, 3.8) is 0 Å². The van der Waals surface area contributed by atoms with E-state index in [-0.39, 0.29) is 16.7 Å². The van der Waals surface area contributed by atoms with Crippen molar-refractivity contribution in [2.24, 2.45) is 0 Å². The van der Waals surface area contributed by atoms with Crippen molar-refractivity contribution in [3.8, 4) is 11.5 Å². The first-order valence-electron chi connectivity index (χ1n) is 4.70. The molecule has 90 valence electrons. The molecule has 0 N–H and O–H groups in total. The molecule has 0 bridgehead atoms. The Morgan fingerprint density at radius 3 is 2.76 bits per heavy atom. The van der Waals surface area contributed by atoms with Gasteiger partial charge in [-0.05, 0) is 18.2 Å². The first-order valence-corrected chi connectivity index (χ1v) is 7.12. The first kappa shape index (κ1) is 12.1. The van der Waals surface area contributed by atoms with E-state index in [0.29, 0.717) is 11.4 Å². The highest BCUT2D eigenvalue weighted by atomic mass is 35.5. The minimum absolute atomic E-state index is 0.148. The summed E-state index contributed by atoms with van der Waals surface area (Å²) in [5.41, 5.74) is 0.553. The Morgan fingerprint density at radius 1 is 1.41 bits per heavy atom. The number of alkyl halides is 1. The molecule has 5 nitrogen and oxygen atoms in total. The van der Waals surface area contributed by atoms with Gasteiger partial charge in [0.15, 0.2) is 15.7 Å². The standard InChI is InChI=1S/C10H9ClN2O3S/c1-17(14,15)8-4-2-3-7(5-8)10-12-9(6-11)13-16-10/h2-5H,6H2,1H3. The zero-order valence-corrected chi connectivity index (χ0v) is 10.5. The van der Waals surface area contributed by atoms with Crippen molar-refractivity contribution in [2.45, 2.75) is 10.8 Å². The summed E-state index contributed by atoms with van der Waals surface area (Å²) in [6, 6.07) is 6.31. The molecule has 17 heavy (non-hydrogen) atoms. The monoisotopic (exact) mass is 272 g/mol. The van der Waals surface area contributed by atoms with Crippen LogP contribution in [0.3, 0.4) is 0 Å². The van der Waals surface area contributed by atoms with E-state index in [1.54, 1.807) is 12.1 Å². The summed E-state index contributed by atoms with van der Waals surface area (Å²) in [6.07, 6.45) is 1.14. The summed E-state index contributed by atoms with van der Waals surface area (Å²) in [5, 5.41) is 3.64. The van der Waals surface area contributed by atoms with Crippen LogP contribution in [0.4, 0.5) is 0 Å². The van der Waals surface area contributed by atoms with Crippen molar-refractivity contribution in [2.75, 3.05) is 6.26 Å². The molecule has 0 aliphatic rings. The summed E-state index contributed by atoms with van der Waals surface area (Å²) in [5.74, 6) is 0.771. The lowest BCUT2D eigenvalue weighted by Gasteiger charge is -1.99. The minimum Gasteiger partial charge on any atom is -0.334 e. The molecular weight excluding hydrogens is 264 g/mol. The number of benzene rings is 1. The number of rotatable bonds is 3. The van der Waals surface area contributed by atoms with Crippen molar-refractivity contribution in [1.82, 2.24) is 10.1 Å². The van der Waals surface area contributed by atoms with Crippen LogP contribution in [0.5, 0.6) is 0 Å². The molecule has 2 rings (SSSR count). The highest BCUT2D eigenvalue weighted by Crippen LogP contribution is 2.21. The molecule has 0 fully saturated rings. The lowest BCUT2D eigenvalue weighted by atomic mass is 10.2. The summed E-state index contributed by atoms with van der Waals surface area (Å²) >= 11 is 5.55. The van der Waals surface area contributed by atoms with Gasteiger partial charge in [-0.1, -0.05) is 11.2 Å². The third-order valence-electron chi connectivity index (χ3n) is 2.10. The molecule has 0 atom stereocenters. The number of aromatic nitrogens is 2. The van der Waals surface area contributed by atoms with Crippen LogP contribution < -0.4 is 0 Å². The molecule has 0 saturated heterocycles. The molecule has 0 unspecified atom stereocenters. The Balaban J connectivity index is 2.46. The first-order chi connectivity index (χ1) is 8.00. The molecule has 0 aliphatic heterocycles. The van der Waals surface area contributed by atoms with E-state index in [4.69, 9.17) is 16.1 Å². The van der Waals surface area contributed by atoms with Gasteiger partial charge in [0.1, 0.15) is 0 Å². The Bertz CT molecular complexity index is 637. The van der Waals surface area contributed by atoms with Crippen LogP contribution in [-0.4, -0.2) is 24.8 Å². The predicted molar refractivity (Wildman–Crippen MR) is 62.4 cm³/mol. The Hall–Kier alpha value is -1.40. The minimum atomic E-state index is -3.25. The van der Waals surface area contributed by atoms with Crippen molar-refractivity contribution in [1.29, 1.82) is 0 Å². The molecule has 1 aromatic carbocycles. The maximum absolute atomic E-state index is 11.4. The van der Waals surface area contributed by atoms with Gasteiger partial charge in [0, 0.05) is 11.8 Å². The summed E-state index contributed by atoms with van der Waals surface area (Å²) < 4.78 is 27.7. The van der Waals surface area contributed by atoms with Crippen LogP contribution in [0.15, 0.2) is 33.7 Å². The smallest absolute Gasteiger partial charge is 0.258 e. The van der Waals surface area contributed by atoms with Crippen LogP contribution in [0, 0.1) is 0 Å². The Kier molecular flexibility index (Phi) is 3.17. The zero-order valence-electron chi connectivity index (χ0n) is 8.92.